The summed E-state index contributed by atoms with van der Waals surface area (Å²) in [5, 5.41) is 14.8. The fraction of sp³-hybridized carbons (Fsp3) is 0.214. The number of carbonyl (C=O) groups is 1. The topological polar surface area (TPSA) is 75.0 Å². The molecule has 0 spiro atoms. The van der Waals surface area contributed by atoms with Gasteiger partial charge >= 0.3 is 0 Å². The van der Waals surface area contributed by atoms with Crippen molar-refractivity contribution >= 4 is 17.2 Å². The smallest absolute Gasteiger partial charge is 0.278 e. The third-order valence-corrected chi connectivity index (χ3v) is 8.40. The Morgan fingerprint density at radius 3 is 2.70 bits per heavy atom. The zero-order valence-corrected chi connectivity index (χ0v) is 20.7. The summed E-state index contributed by atoms with van der Waals surface area (Å²) in [7, 11) is 0. The van der Waals surface area contributed by atoms with Crippen molar-refractivity contribution in [3.63, 3.8) is 0 Å². The van der Waals surface area contributed by atoms with Crippen molar-refractivity contribution in [1.82, 2.24) is 9.58 Å². The van der Waals surface area contributed by atoms with Gasteiger partial charge in [0, 0.05) is 29.2 Å². The summed E-state index contributed by atoms with van der Waals surface area (Å²) >= 11 is 1.60. The maximum absolute atomic E-state index is 14.7. The first-order valence-electron chi connectivity index (χ1n) is 12.0. The summed E-state index contributed by atoms with van der Waals surface area (Å²) in [6.07, 6.45) is 1.02. The Kier molecular flexibility index (Phi) is 4.83. The Morgan fingerprint density at radius 1 is 1.03 bits per heavy atom. The number of thiophene rings is 1. The molecule has 37 heavy (non-hydrogen) atoms. The monoisotopic (exact) mass is 515 g/mol. The highest BCUT2D eigenvalue weighted by molar-refractivity contribution is 7.14. The largest absolute Gasteiger partial charge is 0.502 e. The van der Waals surface area contributed by atoms with E-state index in [-0.39, 0.29) is 18.1 Å². The summed E-state index contributed by atoms with van der Waals surface area (Å²) in [5.74, 6) is -1.34. The van der Waals surface area contributed by atoms with Crippen molar-refractivity contribution < 1.29 is 19.0 Å². The van der Waals surface area contributed by atoms with E-state index in [1.54, 1.807) is 33.0 Å². The van der Waals surface area contributed by atoms with E-state index in [1.807, 2.05) is 29.4 Å². The van der Waals surface area contributed by atoms with Crippen LogP contribution >= 0.6 is 11.3 Å². The normalized spacial score (nSPS) is 19.9. The van der Waals surface area contributed by atoms with Gasteiger partial charge in [-0.15, -0.1) is 11.3 Å². The SMILES string of the molecule is Cc1ccc2c(c1)-c1sccc1-c1cc(F)ccc1[C@@H]2N1[C@@H]2COCCN2C(=O)c2c(O)c(=O)ccn21. The lowest BCUT2D eigenvalue weighted by atomic mass is 9.91. The fourth-order valence-electron chi connectivity index (χ4n) is 5.82. The minimum Gasteiger partial charge on any atom is -0.502 e. The minimum absolute atomic E-state index is 0.0815. The van der Waals surface area contributed by atoms with Gasteiger partial charge in [0.2, 0.25) is 5.43 Å². The van der Waals surface area contributed by atoms with Crippen LogP contribution in [0.15, 0.2) is 64.9 Å². The van der Waals surface area contributed by atoms with Crippen LogP contribution in [-0.4, -0.2) is 46.5 Å². The number of pyridine rings is 1. The van der Waals surface area contributed by atoms with Crippen LogP contribution in [-0.2, 0) is 4.74 Å². The van der Waals surface area contributed by atoms with Gasteiger partial charge in [0.15, 0.2) is 11.4 Å². The number of rotatable bonds is 1. The predicted octanol–water partition coefficient (Wildman–Crippen LogP) is 4.25. The van der Waals surface area contributed by atoms with Gasteiger partial charge in [-0.25, -0.2) is 4.39 Å². The van der Waals surface area contributed by atoms with Gasteiger partial charge in [0.1, 0.15) is 12.0 Å². The molecule has 1 fully saturated rings. The Bertz CT molecular complexity index is 1590. The zero-order chi connectivity index (χ0) is 25.4. The summed E-state index contributed by atoms with van der Waals surface area (Å²) < 4.78 is 22.1. The van der Waals surface area contributed by atoms with Crippen LogP contribution in [0.3, 0.4) is 0 Å². The second-order valence-corrected chi connectivity index (χ2v) is 10.5. The first-order valence-corrected chi connectivity index (χ1v) is 12.9. The van der Waals surface area contributed by atoms with E-state index in [4.69, 9.17) is 4.74 Å². The lowest BCUT2D eigenvalue weighted by Crippen LogP contribution is -2.66. The lowest BCUT2D eigenvalue weighted by molar-refractivity contribution is -0.0196. The molecule has 2 aliphatic heterocycles. The quantitative estimate of drug-likeness (QED) is 0.410. The van der Waals surface area contributed by atoms with Crippen molar-refractivity contribution in [2.75, 3.05) is 24.8 Å². The summed E-state index contributed by atoms with van der Waals surface area (Å²) in [4.78, 5) is 28.6. The van der Waals surface area contributed by atoms with Crippen LogP contribution in [0.4, 0.5) is 4.39 Å². The van der Waals surface area contributed by atoms with Crippen LogP contribution in [0.25, 0.3) is 21.6 Å². The molecular weight excluding hydrogens is 493 g/mol. The van der Waals surface area contributed by atoms with Crippen LogP contribution < -0.4 is 10.4 Å². The average molecular weight is 516 g/mol. The predicted molar refractivity (Wildman–Crippen MR) is 138 cm³/mol. The average Bonchev–Trinajstić information content (AvgIpc) is 3.35. The number of amides is 1. The number of nitrogens with zero attached hydrogens (tertiary/aromatic N) is 3. The van der Waals surface area contributed by atoms with E-state index in [9.17, 15) is 19.1 Å². The van der Waals surface area contributed by atoms with E-state index < -0.39 is 29.3 Å². The van der Waals surface area contributed by atoms with Crippen LogP contribution in [0.2, 0.25) is 0 Å². The van der Waals surface area contributed by atoms with Crippen molar-refractivity contribution in [2.24, 2.45) is 0 Å². The molecule has 2 aromatic carbocycles. The Hall–Kier alpha value is -3.95. The van der Waals surface area contributed by atoms with Gasteiger partial charge in [-0.1, -0.05) is 29.8 Å². The molecular formula is C28H22FN3O4S. The number of aromatic hydroxyl groups is 1. The van der Waals surface area contributed by atoms with Crippen LogP contribution in [0.1, 0.15) is 33.2 Å². The molecule has 2 aromatic heterocycles. The first-order chi connectivity index (χ1) is 17.9. The van der Waals surface area contributed by atoms with E-state index in [2.05, 4.69) is 12.1 Å². The highest BCUT2D eigenvalue weighted by Crippen LogP contribution is 2.50. The van der Waals surface area contributed by atoms with Gasteiger partial charge < -0.3 is 14.7 Å². The Morgan fingerprint density at radius 2 is 1.84 bits per heavy atom. The van der Waals surface area contributed by atoms with Gasteiger partial charge in [-0.2, -0.15) is 0 Å². The molecule has 2 atom stereocenters. The lowest BCUT2D eigenvalue weighted by Gasteiger charge is -2.51. The van der Waals surface area contributed by atoms with E-state index >= 15 is 0 Å². The maximum atomic E-state index is 14.7. The minimum atomic E-state index is -0.618. The number of fused-ring (bicyclic) bond motifs is 7. The van der Waals surface area contributed by atoms with E-state index in [0.717, 1.165) is 38.3 Å². The molecule has 0 bridgehead atoms. The van der Waals surface area contributed by atoms with Gasteiger partial charge in [-0.05, 0) is 52.8 Å². The zero-order valence-electron chi connectivity index (χ0n) is 19.8. The number of benzene rings is 2. The number of hydrogen-bond acceptors (Lipinski definition) is 6. The molecule has 4 aromatic rings. The van der Waals surface area contributed by atoms with E-state index in [0.29, 0.717) is 13.2 Å². The molecule has 7 nitrogen and oxygen atoms in total. The number of aromatic nitrogens is 1. The molecule has 4 heterocycles. The Balaban J connectivity index is 1.58. The molecule has 7 rings (SSSR count). The van der Waals surface area contributed by atoms with Gasteiger partial charge in [0.25, 0.3) is 5.91 Å². The summed E-state index contributed by atoms with van der Waals surface area (Å²) in [6.45, 7) is 2.95. The van der Waals surface area contributed by atoms with Crippen molar-refractivity contribution in [1.29, 1.82) is 0 Å². The first kappa shape index (κ1) is 22.3. The maximum Gasteiger partial charge on any atom is 0.278 e. The number of aryl methyl sites for hydroxylation is 1. The number of carbonyl (C=O) groups excluding carboxylic acids is 1. The second kappa shape index (κ2) is 8.03. The molecule has 186 valence electrons. The number of hydrogen-bond donors (Lipinski definition) is 1. The molecule has 1 aliphatic carbocycles. The molecule has 3 aliphatic rings. The standard InChI is InChI=1S/C28H22FN3O4S/c1-15-2-4-18-21(12-15)27-19(7-11-37-27)20-13-16(29)3-5-17(20)24(18)32-23-14-36-10-9-30(23)28(35)25-26(34)22(33)6-8-31(25)32/h2-8,11-13,23-24,34H,9-10,14H2,1H3/t23-,24+/m1/s1. The highest BCUT2D eigenvalue weighted by Gasteiger charge is 2.46. The number of halogens is 1. The molecule has 1 amide bonds. The summed E-state index contributed by atoms with van der Waals surface area (Å²) in [5.41, 5.74) is 4.96. The molecule has 0 radical (unpaired) electrons. The van der Waals surface area contributed by atoms with Crippen LogP contribution in [0.5, 0.6) is 5.75 Å². The van der Waals surface area contributed by atoms with Gasteiger partial charge in [-0.3, -0.25) is 19.3 Å². The molecule has 0 saturated carbocycles. The number of morpholine rings is 1. The molecule has 1 saturated heterocycles. The summed E-state index contributed by atoms with van der Waals surface area (Å²) in [6, 6.07) is 13.8. The third-order valence-electron chi connectivity index (χ3n) is 7.45. The third kappa shape index (κ3) is 3.14. The van der Waals surface area contributed by atoms with Crippen molar-refractivity contribution in [2.45, 2.75) is 19.1 Å². The van der Waals surface area contributed by atoms with Crippen molar-refractivity contribution in [3.8, 4) is 27.3 Å². The second-order valence-electron chi connectivity index (χ2n) is 9.54. The van der Waals surface area contributed by atoms with Crippen LogP contribution in [0, 0.1) is 12.7 Å². The molecule has 0 unspecified atom stereocenters. The van der Waals surface area contributed by atoms with Gasteiger partial charge in [0.05, 0.1) is 19.3 Å². The molecule has 1 N–H and O–H groups in total. The highest BCUT2D eigenvalue weighted by atomic mass is 32.1. The molecule has 9 heteroatoms. The fourth-order valence-corrected chi connectivity index (χ4v) is 6.77. The van der Waals surface area contributed by atoms with E-state index in [1.165, 1.54) is 18.3 Å². The Labute approximate surface area is 215 Å². The van der Waals surface area contributed by atoms with Crippen molar-refractivity contribution in [3.05, 3.63) is 98.5 Å². The number of ether oxygens (including phenoxy) is 1.